The van der Waals surface area contributed by atoms with Crippen LogP contribution in [0.1, 0.15) is 24.6 Å². The van der Waals surface area contributed by atoms with Crippen LogP contribution in [-0.2, 0) is 23.3 Å². The molecule has 1 aromatic heterocycles. The summed E-state index contributed by atoms with van der Waals surface area (Å²) < 4.78 is 7.77. The molecule has 1 unspecified atom stereocenters. The summed E-state index contributed by atoms with van der Waals surface area (Å²) >= 11 is 3.51. The molecule has 0 amide bonds. The first-order chi connectivity index (χ1) is 10.1. The Labute approximate surface area is 133 Å². The van der Waals surface area contributed by atoms with Crippen LogP contribution in [0.15, 0.2) is 41.0 Å². The molecular weight excluding hydrogens is 332 g/mol. The molecule has 0 radical (unpaired) electrons. The average Bonchev–Trinajstić information content (AvgIpc) is 2.87. The van der Waals surface area contributed by atoms with Crippen LogP contribution in [-0.4, -0.2) is 28.6 Å². The zero-order chi connectivity index (χ0) is 15.3. The van der Waals surface area contributed by atoms with E-state index >= 15 is 0 Å². The van der Waals surface area contributed by atoms with E-state index in [0.29, 0.717) is 26.0 Å². The van der Waals surface area contributed by atoms with Crippen LogP contribution in [0.25, 0.3) is 0 Å². The number of methoxy groups -OCH3 is 1. The van der Waals surface area contributed by atoms with Gasteiger partial charge in [-0.3, -0.25) is 4.68 Å². The minimum absolute atomic E-state index is 0.557. The van der Waals surface area contributed by atoms with Gasteiger partial charge in [0.2, 0.25) is 0 Å². The Morgan fingerprint density at radius 2 is 2.05 bits per heavy atom. The van der Waals surface area contributed by atoms with Crippen LogP contribution >= 0.6 is 15.9 Å². The average molecular weight is 353 g/mol. The number of nitrogens with zero attached hydrogens (tertiary/aromatic N) is 2. The van der Waals surface area contributed by atoms with Crippen molar-refractivity contribution in [2.24, 2.45) is 0 Å². The Kier molecular flexibility index (Phi) is 5.56. The molecule has 0 fully saturated rings. The number of benzene rings is 1. The summed E-state index contributed by atoms with van der Waals surface area (Å²) in [6.45, 7) is 3.17. The van der Waals surface area contributed by atoms with Gasteiger partial charge in [0.15, 0.2) is 0 Å². The van der Waals surface area contributed by atoms with E-state index in [-0.39, 0.29) is 0 Å². The van der Waals surface area contributed by atoms with Crippen LogP contribution in [0.5, 0.6) is 0 Å². The Hall–Kier alpha value is -1.17. The Bertz CT molecular complexity index is 571. The summed E-state index contributed by atoms with van der Waals surface area (Å²) in [6.07, 6.45) is 2.90. The fraction of sp³-hybridized carbons (Fsp3) is 0.438. The Balaban J connectivity index is 2.33. The van der Waals surface area contributed by atoms with Gasteiger partial charge < -0.3 is 9.84 Å². The van der Waals surface area contributed by atoms with E-state index < -0.39 is 5.60 Å². The van der Waals surface area contributed by atoms with Gasteiger partial charge in [-0.15, -0.1) is 0 Å². The van der Waals surface area contributed by atoms with Crippen LogP contribution in [0, 0.1) is 0 Å². The summed E-state index contributed by atoms with van der Waals surface area (Å²) in [6, 6.07) is 10.0. The molecule has 0 aliphatic carbocycles. The van der Waals surface area contributed by atoms with Crippen molar-refractivity contribution >= 4 is 15.9 Å². The largest absolute Gasteiger partial charge is 0.383 e. The molecule has 0 bridgehead atoms. The summed E-state index contributed by atoms with van der Waals surface area (Å²) in [4.78, 5) is 0. The van der Waals surface area contributed by atoms with E-state index in [1.807, 2.05) is 41.9 Å². The second-order valence-corrected chi connectivity index (χ2v) is 5.96. The molecule has 1 aromatic carbocycles. The highest BCUT2D eigenvalue weighted by atomic mass is 79.9. The second kappa shape index (κ2) is 7.20. The number of hydrogen-bond donors (Lipinski definition) is 1. The Morgan fingerprint density at radius 1 is 1.33 bits per heavy atom. The third-order valence-corrected chi connectivity index (χ3v) is 4.25. The van der Waals surface area contributed by atoms with Gasteiger partial charge in [0, 0.05) is 13.5 Å². The van der Waals surface area contributed by atoms with Crippen LogP contribution < -0.4 is 0 Å². The summed E-state index contributed by atoms with van der Waals surface area (Å²) in [5.41, 5.74) is 0.962. The van der Waals surface area contributed by atoms with Crippen LogP contribution in [0.2, 0.25) is 0 Å². The van der Waals surface area contributed by atoms with Crippen molar-refractivity contribution in [3.05, 3.63) is 52.3 Å². The monoisotopic (exact) mass is 352 g/mol. The van der Waals surface area contributed by atoms with Gasteiger partial charge in [0.1, 0.15) is 5.60 Å². The molecule has 5 heteroatoms. The molecule has 0 aliphatic rings. The van der Waals surface area contributed by atoms with E-state index in [0.717, 1.165) is 15.7 Å². The minimum Gasteiger partial charge on any atom is -0.383 e. The van der Waals surface area contributed by atoms with E-state index in [1.54, 1.807) is 13.3 Å². The quantitative estimate of drug-likeness (QED) is 0.832. The van der Waals surface area contributed by atoms with Gasteiger partial charge in [-0.25, -0.2) is 0 Å². The molecule has 0 spiro atoms. The molecular formula is C16H21BrN2O2. The predicted octanol–water partition coefficient (Wildman–Crippen LogP) is 3.13. The molecule has 0 saturated heterocycles. The van der Waals surface area contributed by atoms with Crippen molar-refractivity contribution in [3.8, 4) is 0 Å². The first-order valence-electron chi connectivity index (χ1n) is 7.07. The molecule has 4 nitrogen and oxygen atoms in total. The van der Waals surface area contributed by atoms with E-state index in [2.05, 4.69) is 21.0 Å². The fourth-order valence-electron chi connectivity index (χ4n) is 2.48. The van der Waals surface area contributed by atoms with Crippen LogP contribution in [0.3, 0.4) is 0 Å². The van der Waals surface area contributed by atoms with Crippen molar-refractivity contribution in [3.63, 3.8) is 0 Å². The van der Waals surface area contributed by atoms with Crippen molar-refractivity contribution in [1.82, 2.24) is 9.78 Å². The molecule has 0 aliphatic heterocycles. The van der Waals surface area contributed by atoms with Gasteiger partial charge in [0.05, 0.1) is 29.5 Å². The zero-order valence-corrected chi connectivity index (χ0v) is 14.0. The number of ether oxygens (including phenoxy) is 1. The van der Waals surface area contributed by atoms with Gasteiger partial charge >= 0.3 is 0 Å². The molecule has 0 saturated carbocycles. The lowest BCUT2D eigenvalue weighted by molar-refractivity contribution is 0.0214. The summed E-state index contributed by atoms with van der Waals surface area (Å²) in [5.74, 6) is 0. The number of halogens is 1. The van der Waals surface area contributed by atoms with Gasteiger partial charge in [-0.05, 0) is 27.9 Å². The molecule has 1 N–H and O–H groups in total. The third-order valence-electron chi connectivity index (χ3n) is 3.67. The molecule has 2 aromatic rings. The smallest absolute Gasteiger partial charge is 0.111 e. The fourth-order valence-corrected chi connectivity index (χ4v) is 3.15. The van der Waals surface area contributed by atoms with Gasteiger partial charge in [0.25, 0.3) is 0 Å². The molecule has 1 atom stereocenters. The maximum atomic E-state index is 11.2. The Morgan fingerprint density at radius 3 is 2.67 bits per heavy atom. The molecule has 114 valence electrons. The number of rotatable bonds is 7. The van der Waals surface area contributed by atoms with E-state index in [9.17, 15) is 5.11 Å². The highest BCUT2D eigenvalue weighted by molar-refractivity contribution is 9.10. The summed E-state index contributed by atoms with van der Waals surface area (Å²) in [5, 5.41) is 15.5. The number of aliphatic hydroxyl groups is 1. The lowest BCUT2D eigenvalue weighted by Gasteiger charge is -2.28. The number of hydrogen-bond acceptors (Lipinski definition) is 3. The van der Waals surface area contributed by atoms with Crippen molar-refractivity contribution in [2.45, 2.75) is 31.9 Å². The highest BCUT2D eigenvalue weighted by Crippen LogP contribution is 2.34. The van der Waals surface area contributed by atoms with E-state index in [4.69, 9.17) is 4.74 Å². The first kappa shape index (κ1) is 16.2. The molecule has 21 heavy (non-hydrogen) atoms. The summed E-state index contributed by atoms with van der Waals surface area (Å²) in [7, 11) is 1.66. The second-order valence-electron chi connectivity index (χ2n) is 5.10. The SMILES string of the molecule is CCC(O)(Cc1ccccc1)c1c(Br)cnn1CCOC. The van der Waals surface area contributed by atoms with Crippen molar-refractivity contribution in [2.75, 3.05) is 13.7 Å². The van der Waals surface area contributed by atoms with Crippen LogP contribution in [0.4, 0.5) is 0 Å². The maximum Gasteiger partial charge on any atom is 0.111 e. The molecule has 2 rings (SSSR count). The standard InChI is InChI=1S/C16H21BrN2O2/c1-3-16(20,11-13-7-5-4-6-8-13)15-14(17)12-18-19(15)9-10-21-2/h4-8,12,20H,3,9-11H2,1-2H3. The third kappa shape index (κ3) is 3.73. The first-order valence-corrected chi connectivity index (χ1v) is 7.87. The van der Waals surface area contributed by atoms with Crippen molar-refractivity contribution < 1.29 is 9.84 Å². The van der Waals surface area contributed by atoms with E-state index in [1.165, 1.54) is 0 Å². The lowest BCUT2D eigenvalue weighted by atomic mass is 9.88. The number of aromatic nitrogens is 2. The normalized spacial score (nSPS) is 14.1. The topological polar surface area (TPSA) is 47.3 Å². The lowest BCUT2D eigenvalue weighted by Crippen LogP contribution is -2.32. The highest BCUT2D eigenvalue weighted by Gasteiger charge is 2.33. The van der Waals surface area contributed by atoms with Gasteiger partial charge in [-0.2, -0.15) is 5.10 Å². The maximum absolute atomic E-state index is 11.2. The van der Waals surface area contributed by atoms with Crippen molar-refractivity contribution in [1.29, 1.82) is 0 Å². The minimum atomic E-state index is -0.954. The zero-order valence-electron chi connectivity index (χ0n) is 12.4. The van der Waals surface area contributed by atoms with Gasteiger partial charge in [-0.1, -0.05) is 37.3 Å². The molecule has 1 heterocycles. The predicted molar refractivity (Wildman–Crippen MR) is 86.1 cm³/mol.